The van der Waals surface area contributed by atoms with Gasteiger partial charge in [0.05, 0.1) is 7.11 Å². The fraction of sp³-hybridized carbons (Fsp3) is 0.143. The Morgan fingerprint density at radius 1 is 1.22 bits per heavy atom. The molecule has 0 spiro atoms. The summed E-state index contributed by atoms with van der Waals surface area (Å²) in [5, 5.41) is 0. The van der Waals surface area contributed by atoms with Gasteiger partial charge < -0.3 is 6.16 Å². The second-order valence-electron chi connectivity index (χ2n) is 1.52. The molecule has 0 unspecified atom stereocenters. The number of para-hydroxylation sites is 1. The normalized spacial score (nSPS) is 7.67. The van der Waals surface area contributed by atoms with Crippen LogP contribution in [-0.2, 0) is 0 Å². The Hall–Kier alpha value is 0.656. The summed E-state index contributed by atoms with van der Waals surface area (Å²) in [6.07, 6.45) is 0. The van der Waals surface area contributed by atoms with Gasteiger partial charge in [-0.3, -0.25) is 0 Å². The zero-order valence-electron chi connectivity index (χ0n) is 6.79. The van der Waals surface area contributed by atoms with Crippen LogP contribution >= 0.6 is 0 Å². The van der Waals surface area contributed by atoms with E-state index >= 15 is 0 Å². The van der Waals surface area contributed by atoms with Gasteiger partial charge in [0.25, 0.3) is 0 Å². The van der Waals surface area contributed by atoms with Gasteiger partial charge in [-0.2, -0.15) is 0 Å². The van der Waals surface area contributed by atoms with E-state index in [9.17, 15) is 0 Å². The molecule has 0 aliphatic rings. The Morgan fingerprint density at radius 3 is 2.11 bits per heavy atom. The fourth-order valence-electron chi connectivity index (χ4n) is 0.557. The van der Waals surface area contributed by atoms with Crippen LogP contribution in [-0.4, -0.2) is 7.11 Å². The molecule has 0 saturated carbocycles. The van der Waals surface area contributed by atoms with Gasteiger partial charge in [-0.1, -0.05) is 18.2 Å². The number of hydrogen-bond donors (Lipinski definition) is 0. The predicted octanol–water partition coefficient (Wildman–Crippen LogP) is -1.19. The summed E-state index contributed by atoms with van der Waals surface area (Å²) in [7, 11) is 1.66. The molecule has 9 heavy (non-hydrogen) atoms. The van der Waals surface area contributed by atoms with E-state index in [1.165, 1.54) is 0 Å². The quantitative estimate of drug-likeness (QED) is 0.455. The molecule has 1 rings (SSSR count). The Balaban J connectivity index is 0. The summed E-state index contributed by atoms with van der Waals surface area (Å²) in [5.74, 6) is 0.910. The monoisotopic (exact) mass is 148 g/mol. The van der Waals surface area contributed by atoms with Crippen molar-refractivity contribution in [1.82, 2.24) is 0 Å². The summed E-state index contributed by atoms with van der Waals surface area (Å²) in [6, 6.07) is 9.68. The number of methoxy groups -OCH3 is 1. The van der Waals surface area contributed by atoms with Gasteiger partial charge in [0.15, 0.2) is 0 Å². The third-order valence-corrected chi connectivity index (χ3v) is 0.979. The van der Waals surface area contributed by atoms with Crippen molar-refractivity contribution in [2.45, 2.75) is 0 Å². The van der Waals surface area contributed by atoms with E-state index in [2.05, 4.69) is 0 Å². The maximum absolute atomic E-state index is 4.91. The van der Waals surface area contributed by atoms with Gasteiger partial charge >= 0.3 is 51.4 Å². The molecule has 1 aromatic rings. The van der Waals surface area contributed by atoms with Crippen LogP contribution in [0.1, 0.15) is 1.43 Å². The first-order valence-electron chi connectivity index (χ1n) is 2.52. The van der Waals surface area contributed by atoms with Crippen LogP contribution in [0.3, 0.4) is 0 Å². The molecule has 0 aliphatic carbocycles. The van der Waals surface area contributed by atoms with Gasteiger partial charge in [-0.15, -0.1) is 0 Å². The van der Waals surface area contributed by atoms with E-state index < -0.39 is 0 Å². The SMILES string of the molecule is COc1ccccc1.[H-].[K+]. The Bertz CT molecular complexity index is 155. The molecule has 0 N–H and O–H groups in total. The Labute approximate surface area is 99.3 Å². The van der Waals surface area contributed by atoms with Gasteiger partial charge in [0.1, 0.15) is 5.75 Å². The minimum atomic E-state index is 0. The van der Waals surface area contributed by atoms with Gasteiger partial charge in [-0.05, 0) is 12.1 Å². The van der Waals surface area contributed by atoms with E-state index in [-0.39, 0.29) is 52.8 Å². The molecular formula is C7H9KO. The average molecular weight is 148 g/mol. The second-order valence-corrected chi connectivity index (χ2v) is 1.52. The van der Waals surface area contributed by atoms with Crippen LogP contribution in [0.5, 0.6) is 5.75 Å². The van der Waals surface area contributed by atoms with E-state index in [4.69, 9.17) is 4.74 Å². The van der Waals surface area contributed by atoms with Crippen molar-refractivity contribution in [3.63, 3.8) is 0 Å². The molecule has 0 atom stereocenters. The minimum Gasteiger partial charge on any atom is -1.00 e. The van der Waals surface area contributed by atoms with Gasteiger partial charge in [0, 0.05) is 0 Å². The number of benzene rings is 1. The van der Waals surface area contributed by atoms with E-state index in [0.717, 1.165) is 5.75 Å². The molecule has 1 nitrogen and oxygen atoms in total. The van der Waals surface area contributed by atoms with Crippen LogP contribution in [0, 0.1) is 0 Å². The van der Waals surface area contributed by atoms with E-state index in [1.54, 1.807) is 7.11 Å². The van der Waals surface area contributed by atoms with Gasteiger partial charge in [0.2, 0.25) is 0 Å². The maximum atomic E-state index is 4.91. The van der Waals surface area contributed by atoms with Crippen molar-refractivity contribution >= 4 is 0 Å². The molecule has 44 valence electrons. The van der Waals surface area contributed by atoms with Gasteiger partial charge in [-0.25, -0.2) is 0 Å². The summed E-state index contributed by atoms with van der Waals surface area (Å²) < 4.78 is 4.91. The third kappa shape index (κ3) is 3.38. The molecule has 0 aromatic heterocycles. The minimum absolute atomic E-state index is 0. The largest absolute Gasteiger partial charge is 1.00 e. The Kier molecular flexibility index (Phi) is 5.84. The summed E-state index contributed by atoms with van der Waals surface area (Å²) in [5.41, 5.74) is 0. The number of hydrogen-bond acceptors (Lipinski definition) is 1. The molecule has 0 saturated heterocycles. The molecule has 0 amide bonds. The van der Waals surface area contributed by atoms with Crippen LogP contribution < -0.4 is 56.1 Å². The van der Waals surface area contributed by atoms with Crippen LogP contribution in [0.4, 0.5) is 0 Å². The van der Waals surface area contributed by atoms with Crippen LogP contribution in [0.25, 0.3) is 0 Å². The molecule has 1 aromatic carbocycles. The molecule has 0 aliphatic heterocycles. The molecule has 0 heterocycles. The molecule has 0 fully saturated rings. The predicted molar refractivity (Wildman–Crippen MR) is 34.1 cm³/mol. The van der Waals surface area contributed by atoms with Crippen LogP contribution in [0.15, 0.2) is 30.3 Å². The maximum Gasteiger partial charge on any atom is 1.00 e. The average Bonchev–Trinajstić information content (AvgIpc) is 1.90. The number of rotatable bonds is 1. The second kappa shape index (κ2) is 5.44. The molecule has 0 bridgehead atoms. The van der Waals surface area contributed by atoms with E-state index in [0.29, 0.717) is 0 Å². The van der Waals surface area contributed by atoms with Crippen LogP contribution in [0.2, 0.25) is 0 Å². The number of ether oxygens (including phenoxy) is 1. The zero-order chi connectivity index (χ0) is 5.82. The topological polar surface area (TPSA) is 9.23 Å². The smallest absolute Gasteiger partial charge is 1.00 e. The summed E-state index contributed by atoms with van der Waals surface area (Å²) in [6.45, 7) is 0. The molecule has 2 heteroatoms. The Morgan fingerprint density at radius 2 is 1.78 bits per heavy atom. The van der Waals surface area contributed by atoms with Crippen molar-refractivity contribution in [3.8, 4) is 5.75 Å². The first-order valence-corrected chi connectivity index (χ1v) is 2.52. The van der Waals surface area contributed by atoms with Crippen molar-refractivity contribution in [3.05, 3.63) is 30.3 Å². The van der Waals surface area contributed by atoms with Crippen molar-refractivity contribution in [2.75, 3.05) is 7.11 Å². The molecule has 0 radical (unpaired) electrons. The van der Waals surface area contributed by atoms with Crippen molar-refractivity contribution in [2.24, 2.45) is 0 Å². The fourth-order valence-corrected chi connectivity index (χ4v) is 0.557. The first kappa shape index (κ1) is 9.66. The summed E-state index contributed by atoms with van der Waals surface area (Å²) >= 11 is 0. The van der Waals surface area contributed by atoms with E-state index in [1.807, 2.05) is 30.3 Å². The molecular weight excluding hydrogens is 139 g/mol. The third-order valence-electron chi connectivity index (χ3n) is 0.979. The van der Waals surface area contributed by atoms with Crippen molar-refractivity contribution < 1.29 is 57.5 Å². The standard InChI is InChI=1S/C7H8O.K.H/c1-8-7-5-3-2-4-6-7;;/h2-6H,1H3;;/q;+1;-1. The first-order chi connectivity index (χ1) is 3.93. The zero-order valence-corrected chi connectivity index (χ0v) is 8.92. The summed E-state index contributed by atoms with van der Waals surface area (Å²) in [4.78, 5) is 0. The van der Waals surface area contributed by atoms with Crippen molar-refractivity contribution in [1.29, 1.82) is 0 Å².